The number of aryl methyl sites for hydroxylation is 1. The molecule has 0 amide bonds. The van der Waals surface area contributed by atoms with Gasteiger partial charge in [-0.05, 0) is 147 Å². The summed E-state index contributed by atoms with van der Waals surface area (Å²) in [5.74, 6) is 0. The van der Waals surface area contributed by atoms with Crippen molar-refractivity contribution in [3.63, 3.8) is 0 Å². The molecule has 0 spiro atoms. The molecule has 2 nitrogen and oxygen atoms in total. The van der Waals surface area contributed by atoms with Crippen molar-refractivity contribution in [3.05, 3.63) is 253 Å². The third-order valence-electron chi connectivity index (χ3n) is 14.1. The minimum atomic E-state index is -0.708. The molecule has 0 aliphatic carbocycles. The molecule has 0 N–H and O–H groups in total. The van der Waals surface area contributed by atoms with E-state index in [-0.39, 0.29) is 83.8 Å². The summed E-state index contributed by atoms with van der Waals surface area (Å²) in [6.07, 6.45) is 0. The Bertz CT molecular complexity index is 5850. The molecule has 356 valence electrons. The third-order valence-corrected chi connectivity index (χ3v) is 14.1. The van der Waals surface area contributed by atoms with E-state index in [0.717, 1.165) is 43.6 Å². The van der Waals surface area contributed by atoms with E-state index in [9.17, 15) is 5.48 Å². The van der Waals surface area contributed by atoms with Crippen LogP contribution in [-0.2, 0) is 5.41 Å². The first kappa shape index (κ1) is 27.7. The average Bonchev–Trinajstić information content (AvgIpc) is 0.829. The van der Waals surface area contributed by atoms with E-state index in [4.69, 9.17) is 32.1 Å². The molecular weight excluding hydrogens is 909 g/mol. The van der Waals surface area contributed by atoms with Gasteiger partial charge in [0.05, 0.1) is 28.8 Å². The van der Waals surface area contributed by atoms with Crippen LogP contribution in [0.4, 0.5) is 0 Å². The smallest absolute Gasteiger partial charge is 0.139 e. The Morgan fingerprint density at radius 1 is 0.320 bits per heavy atom. The molecule has 0 saturated carbocycles. The van der Waals surface area contributed by atoms with Crippen LogP contribution in [-0.4, -0.2) is 0 Å². The number of hydrogen-bond acceptors (Lipinski definition) is 2. The highest BCUT2D eigenvalue weighted by atomic mass is 16.3. The van der Waals surface area contributed by atoms with Crippen molar-refractivity contribution in [1.82, 2.24) is 0 Å². The summed E-state index contributed by atoms with van der Waals surface area (Å²) < 4.78 is 197. The molecule has 0 aliphatic heterocycles. The Balaban J connectivity index is 0.000000165. The van der Waals surface area contributed by atoms with Crippen LogP contribution in [0.2, 0.25) is 0 Å². The van der Waals surface area contributed by atoms with E-state index in [1.807, 2.05) is 91.9 Å². The van der Waals surface area contributed by atoms with Gasteiger partial charge in [-0.2, -0.15) is 0 Å². The molecule has 0 radical (unpaired) electrons. The van der Waals surface area contributed by atoms with Gasteiger partial charge in [0.1, 0.15) is 22.3 Å². The van der Waals surface area contributed by atoms with Gasteiger partial charge in [-0.1, -0.05) is 233 Å². The number of rotatable bonds is 4. The highest BCUT2D eigenvalue weighted by Crippen LogP contribution is 2.47. The standard InChI is InChI=1S/C37H24O.C36H28O/c1-23-9-8-16-32-33-22-27(19-20-34(33)38-37(23)32)36-30-14-6-4-12-28(30)35(29-13-5-7-15-31(29)36)26-18-17-24-10-2-3-11-25(24)21-26;1-36(2,3)31-19-11-18-29-30-22-24(20-21-32(30)37-35(29)31)34-27-16-9-7-14-25(27)33(23-12-5-4-6-13-23)26-15-8-10-17-28(26)34/h2-22H,1H3;4-22H,1-3H3/i4D,5D,6D,7D,12D,13D,14D,15D;4D,5D,6D,7D,8D,9D,10D,12D,13D,14D,15D,16D,17D. The maximum Gasteiger partial charge on any atom is 0.139 e. The number of benzene rings is 13. The molecule has 0 aliphatic rings. The van der Waals surface area contributed by atoms with E-state index in [2.05, 4.69) is 20.8 Å². The normalized spacial score (nSPS) is 15.9. The molecule has 0 unspecified atom stereocenters. The van der Waals surface area contributed by atoms with Crippen LogP contribution in [0, 0.1) is 6.92 Å². The molecule has 15 rings (SSSR count). The first-order valence-corrected chi connectivity index (χ1v) is 24.3. The van der Waals surface area contributed by atoms with E-state index in [0.29, 0.717) is 50.0 Å². The van der Waals surface area contributed by atoms with Gasteiger partial charge in [0.25, 0.3) is 0 Å². The van der Waals surface area contributed by atoms with Gasteiger partial charge < -0.3 is 8.83 Å². The number of fused-ring (bicyclic) bond motifs is 11. The van der Waals surface area contributed by atoms with Crippen molar-refractivity contribution in [1.29, 1.82) is 0 Å². The Morgan fingerprint density at radius 2 is 0.720 bits per heavy atom. The van der Waals surface area contributed by atoms with Gasteiger partial charge in [-0.3, -0.25) is 0 Å². The van der Waals surface area contributed by atoms with Crippen LogP contribution in [0.15, 0.2) is 251 Å². The number of hydrogen-bond donors (Lipinski definition) is 0. The first-order chi connectivity index (χ1) is 45.5. The van der Waals surface area contributed by atoms with Gasteiger partial charge >= 0.3 is 0 Å². The lowest BCUT2D eigenvalue weighted by atomic mass is 9.85. The molecule has 15 aromatic rings. The number of furan rings is 2. The van der Waals surface area contributed by atoms with E-state index in [1.54, 1.807) is 30.3 Å². The van der Waals surface area contributed by atoms with Crippen molar-refractivity contribution < 1.29 is 37.6 Å². The molecule has 0 fully saturated rings. The lowest BCUT2D eigenvalue weighted by Crippen LogP contribution is -2.10. The second-order valence-corrected chi connectivity index (χ2v) is 19.6. The van der Waals surface area contributed by atoms with Crippen LogP contribution >= 0.6 is 0 Å². The fourth-order valence-corrected chi connectivity index (χ4v) is 10.7. The zero-order valence-corrected chi connectivity index (χ0v) is 40.8. The van der Waals surface area contributed by atoms with Crippen LogP contribution in [0.25, 0.3) is 142 Å². The Hall–Kier alpha value is -9.24. The zero-order valence-electron chi connectivity index (χ0n) is 61.8. The molecule has 0 atom stereocenters. The van der Waals surface area contributed by atoms with Gasteiger partial charge in [0.2, 0.25) is 0 Å². The molecule has 13 aromatic carbocycles. The second kappa shape index (κ2) is 17.5. The summed E-state index contributed by atoms with van der Waals surface area (Å²) in [6.45, 7) is 8.16. The molecule has 2 aromatic heterocycles. The van der Waals surface area contributed by atoms with Crippen LogP contribution < -0.4 is 0 Å². The van der Waals surface area contributed by atoms with Gasteiger partial charge in [-0.25, -0.2) is 0 Å². The van der Waals surface area contributed by atoms with Crippen molar-refractivity contribution in [3.8, 4) is 44.5 Å². The fourth-order valence-electron chi connectivity index (χ4n) is 10.7. The molecule has 2 heterocycles. The quantitative estimate of drug-likeness (QED) is 0.164. The average molecular weight is 982 g/mol. The maximum absolute atomic E-state index is 9.19. The monoisotopic (exact) mass is 982 g/mol. The molecule has 0 saturated heterocycles. The predicted octanol–water partition coefficient (Wildman–Crippen LogP) is 21.2. The summed E-state index contributed by atoms with van der Waals surface area (Å²) in [5.41, 5.74) is 5.73. The molecule has 75 heavy (non-hydrogen) atoms. The lowest BCUT2D eigenvalue weighted by Gasteiger charge is -2.18. The zero-order chi connectivity index (χ0) is 68.6. The summed E-state index contributed by atoms with van der Waals surface area (Å²) in [4.78, 5) is 0. The largest absolute Gasteiger partial charge is 0.456 e. The highest BCUT2D eigenvalue weighted by Gasteiger charge is 2.23. The van der Waals surface area contributed by atoms with E-state index < -0.39 is 108 Å². The second-order valence-electron chi connectivity index (χ2n) is 19.6. The topological polar surface area (TPSA) is 26.3 Å². The van der Waals surface area contributed by atoms with Gasteiger partial charge in [0, 0.05) is 27.1 Å². The molecular formula is C73H52O2. The van der Waals surface area contributed by atoms with Crippen LogP contribution in [0.3, 0.4) is 0 Å². The molecule has 2 heteroatoms. The van der Waals surface area contributed by atoms with Crippen molar-refractivity contribution in [2.75, 3.05) is 0 Å². The van der Waals surface area contributed by atoms with Crippen LogP contribution in [0.5, 0.6) is 0 Å². The Morgan fingerprint density at radius 3 is 1.21 bits per heavy atom. The fraction of sp³-hybridized carbons (Fsp3) is 0.0685. The lowest BCUT2D eigenvalue weighted by molar-refractivity contribution is 0.573. The Labute approximate surface area is 465 Å². The van der Waals surface area contributed by atoms with Crippen molar-refractivity contribution in [2.45, 2.75) is 33.1 Å². The Kier molecular flexibility index (Phi) is 6.45. The summed E-state index contributed by atoms with van der Waals surface area (Å²) >= 11 is 0. The summed E-state index contributed by atoms with van der Waals surface area (Å²) in [5, 5.41) is 5.01. The molecule has 0 bridgehead atoms. The maximum atomic E-state index is 9.19. The van der Waals surface area contributed by atoms with E-state index in [1.165, 1.54) is 0 Å². The van der Waals surface area contributed by atoms with Crippen LogP contribution in [0.1, 0.15) is 60.7 Å². The first-order valence-electron chi connectivity index (χ1n) is 34.8. The predicted molar refractivity (Wildman–Crippen MR) is 320 cm³/mol. The summed E-state index contributed by atoms with van der Waals surface area (Å²) in [6, 6.07) is 24.6. The van der Waals surface area contributed by atoms with Crippen molar-refractivity contribution in [2.24, 2.45) is 0 Å². The minimum Gasteiger partial charge on any atom is -0.456 e. The minimum absolute atomic E-state index is 0.0772. The third kappa shape index (κ3) is 7.31. The summed E-state index contributed by atoms with van der Waals surface area (Å²) in [7, 11) is 0. The van der Waals surface area contributed by atoms with Gasteiger partial charge in [0.15, 0.2) is 0 Å². The highest BCUT2D eigenvalue weighted by molar-refractivity contribution is 6.24. The van der Waals surface area contributed by atoms with Gasteiger partial charge in [-0.15, -0.1) is 0 Å². The van der Waals surface area contributed by atoms with E-state index >= 15 is 0 Å². The number of para-hydroxylation sites is 2. The SMILES string of the molecule is [2H]c1c([2H])c([2H])c(-c2c3c([2H])c([2H])c([2H])c([2H])c3c(-c3ccc4oc5c(C(C)(C)C)cccc5c4c3)c3c([2H])c([2H])c([2H])c([2H])c23)c([2H])c1[2H].[2H]c1c([2H])c([2H])c2c(-c3ccc4oc5c(C)cccc5c4c3)c3c([2H])c([2H])c([2H])c([2H])c3c(-c3ccc4ccccc4c3)c2c1[2H]. The van der Waals surface area contributed by atoms with Crippen molar-refractivity contribution >= 4 is 97.7 Å².